The second-order valence-electron chi connectivity index (χ2n) is 7.89. The molecule has 31 heavy (non-hydrogen) atoms. The molecule has 1 aliphatic rings. The van der Waals surface area contributed by atoms with Crippen LogP contribution in [-0.4, -0.2) is 39.4 Å². The number of hydrogen-bond acceptors (Lipinski definition) is 3. The summed E-state index contributed by atoms with van der Waals surface area (Å²) in [5.41, 5.74) is 2.64. The Bertz CT molecular complexity index is 1030. The third-order valence-corrected chi connectivity index (χ3v) is 5.98. The summed E-state index contributed by atoms with van der Waals surface area (Å²) in [6, 6.07) is 14.8. The highest BCUT2D eigenvalue weighted by Gasteiger charge is 2.29. The molecule has 0 spiro atoms. The molecule has 2 atom stereocenters. The molecular weight excluding hydrogens is 412 g/mol. The van der Waals surface area contributed by atoms with Gasteiger partial charge in [0.1, 0.15) is 0 Å². The van der Waals surface area contributed by atoms with Gasteiger partial charge in [-0.1, -0.05) is 23.7 Å². The lowest BCUT2D eigenvalue weighted by Gasteiger charge is -2.32. The second kappa shape index (κ2) is 9.35. The predicted molar refractivity (Wildman–Crippen MR) is 120 cm³/mol. The molecule has 7 heteroatoms. The van der Waals surface area contributed by atoms with Crippen LogP contribution in [0.15, 0.2) is 67.3 Å². The Morgan fingerprint density at radius 1 is 1.13 bits per heavy atom. The van der Waals surface area contributed by atoms with E-state index in [1.165, 1.54) is 0 Å². The Morgan fingerprint density at radius 2 is 1.87 bits per heavy atom. The van der Waals surface area contributed by atoms with Crippen molar-refractivity contribution >= 4 is 23.4 Å². The zero-order valence-electron chi connectivity index (χ0n) is 17.4. The molecular formula is C24H25ClN4O2. The number of benzene rings is 2. The van der Waals surface area contributed by atoms with E-state index in [1.54, 1.807) is 41.7 Å². The summed E-state index contributed by atoms with van der Waals surface area (Å²) in [5.74, 6) is -0.283. The normalized spacial score (nSPS) is 17.2. The van der Waals surface area contributed by atoms with Gasteiger partial charge in [-0.2, -0.15) is 0 Å². The van der Waals surface area contributed by atoms with Crippen LogP contribution in [0.2, 0.25) is 5.02 Å². The van der Waals surface area contributed by atoms with E-state index in [0.717, 1.165) is 24.1 Å². The minimum Gasteiger partial charge on any atom is -0.349 e. The van der Waals surface area contributed by atoms with Crippen molar-refractivity contribution in [2.24, 2.45) is 5.92 Å². The Balaban J connectivity index is 1.36. The molecule has 3 aromatic rings. The fourth-order valence-electron chi connectivity index (χ4n) is 3.91. The molecule has 2 heterocycles. The zero-order valence-corrected chi connectivity index (χ0v) is 18.1. The third kappa shape index (κ3) is 4.97. The van der Waals surface area contributed by atoms with E-state index >= 15 is 0 Å². The lowest BCUT2D eigenvalue weighted by Crippen LogP contribution is -2.45. The van der Waals surface area contributed by atoms with Crippen molar-refractivity contribution in [3.05, 3.63) is 83.4 Å². The number of aromatic nitrogens is 2. The number of piperidine rings is 1. The molecule has 1 fully saturated rings. The van der Waals surface area contributed by atoms with Crippen LogP contribution in [0.5, 0.6) is 0 Å². The largest absolute Gasteiger partial charge is 0.349 e. The number of rotatable bonds is 5. The van der Waals surface area contributed by atoms with Crippen LogP contribution in [0.25, 0.3) is 5.69 Å². The van der Waals surface area contributed by atoms with Crippen LogP contribution in [0.4, 0.5) is 0 Å². The van der Waals surface area contributed by atoms with Crippen molar-refractivity contribution in [3.63, 3.8) is 0 Å². The van der Waals surface area contributed by atoms with Gasteiger partial charge in [-0.25, -0.2) is 4.98 Å². The summed E-state index contributed by atoms with van der Waals surface area (Å²) >= 11 is 5.92. The van der Waals surface area contributed by atoms with E-state index in [1.807, 2.05) is 42.0 Å². The number of halogens is 1. The first-order chi connectivity index (χ1) is 15.0. The van der Waals surface area contributed by atoms with E-state index in [9.17, 15) is 9.59 Å². The Hall–Kier alpha value is -3.12. The number of nitrogens with one attached hydrogen (secondary N) is 1. The minimum absolute atomic E-state index is 0.0141. The highest BCUT2D eigenvalue weighted by Crippen LogP contribution is 2.22. The van der Waals surface area contributed by atoms with E-state index in [2.05, 4.69) is 10.3 Å². The van der Waals surface area contributed by atoms with Gasteiger partial charge in [-0.05, 0) is 61.7 Å². The van der Waals surface area contributed by atoms with Crippen LogP contribution in [0.3, 0.4) is 0 Å². The average Bonchev–Trinajstić information content (AvgIpc) is 3.34. The highest BCUT2D eigenvalue weighted by atomic mass is 35.5. The summed E-state index contributed by atoms with van der Waals surface area (Å²) in [7, 11) is 0. The van der Waals surface area contributed by atoms with E-state index < -0.39 is 0 Å². The van der Waals surface area contributed by atoms with Crippen LogP contribution >= 0.6 is 11.6 Å². The first kappa shape index (κ1) is 21.1. The molecule has 0 unspecified atom stereocenters. The standard InChI is InChI=1S/C24H25ClN4O2/c1-17(18-6-10-22(11-7-18)29-14-12-26-16-29)27-23(30)20-3-2-13-28(15-20)24(31)19-4-8-21(25)9-5-19/h4-12,14,16-17,20H,2-3,13,15H2,1H3,(H,27,30)/t17-,20-/m0/s1. The van der Waals surface area contributed by atoms with Gasteiger partial charge in [0, 0.05) is 41.8 Å². The number of likely N-dealkylation sites (tertiary alicyclic amines) is 1. The average molecular weight is 437 g/mol. The van der Waals surface area contributed by atoms with Gasteiger partial charge < -0.3 is 14.8 Å². The molecule has 0 bridgehead atoms. The summed E-state index contributed by atoms with van der Waals surface area (Å²) < 4.78 is 1.93. The smallest absolute Gasteiger partial charge is 0.253 e. The number of imidazole rings is 1. The fraction of sp³-hybridized carbons (Fsp3) is 0.292. The monoisotopic (exact) mass is 436 g/mol. The summed E-state index contributed by atoms with van der Waals surface area (Å²) in [5, 5.41) is 3.71. The molecule has 6 nitrogen and oxygen atoms in total. The van der Waals surface area contributed by atoms with Gasteiger partial charge in [0.05, 0.1) is 18.3 Å². The Morgan fingerprint density at radius 3 is 2.55 bits per heavy atom. The summed E-state index contributed by atoms with van der Waals surface area (Å²) in [4.78, 5) is 31.5. The molecule has 0 saturated carbocycles. The minimum atomic E-state index is -0.210. The topological polar surface area (TPSA) is 67.2 Å². The number of amides is 2. The first-order valence-corrected chi connectivity index (χ1v) is 10.8. The van der Waals surface area contributed by atoms with Crippen molar-refractivity contribution in [2.75, 3.05) is 13.1 Å². The summed E-state index contributed by atoms with van der Waals surface area (Å²) in [6.07, 6.45) is 6.97. The van der Waals surface area contributed by atoms with Crippen molar-refractivity contribution < 1.29 is 9.59 Å². The fourth-order valence-corrected chi connectivity index (χ4v) is 4.04. The molecule has 0 radical (unpaired) electrons. The van der Waals surface area contributed by atoms with E-state index in [-0.39, 0.29) is 23.8 Å². The number of carbonyl (C=O) groups is 2. The molecule has 1 aromatic heterocycles. The maximum Gasteiger partial charge on any atom is 0.253 e. The van der Waals surface area contributed by atoms with Crippen LogP contribution < -0.4 is 5.32 Å². The third-order valence-electron chi connectivity index (χ3n) is 5.72. The Kier molecular flexibility index (Phi) is 6.37. The van der Waals surface area contributed by atoms with Gasteiger partial charge in [-0.15, -0.1) is 0 Å². The van der Waals surface area contributed by atoms with Gasteiger partial charge in [0.25, 0.3) is 5.91 Å². The molecule has 1 saturated heterocycles. The van der Waals surface area contributed by atoms with Crippen LogP contribution in [0.1, 0.15) is 41.7 Å². The predicted octanol–water partition coefficient (Wildman–Crippen LogP) is 4.26. The maximum absolute atomic E-state index is 12.9. The van der Waals surface area contributed by atoms with Crippen LogP contribution in [0, 0.1) is 5.92 Å². The Labute approximate surface area is 186 Å². The lowest BCUT2D eigenvalue weighted by molar-refractivity contribution is -0.127. The second-order valence-corrected chi connectivity index (χ2v) is 8.33. The van der Waals surface area contributed by atoms with E-state index in [0.29, 0.717) is 23.7 Å². The highest BCUT2D eigenvalue weighted by molar-refractivity contribution is 6.30. The molecule has 4 rings (SSSR count). The molecule has 2 amide bonds. The molecule has 0 aliphatic carbocycles. The molecule has 1 aliphatic heterocycles. The molecule has 160 valence electrons. The summed E-state index contributed by atoms with van der Waals surface area (Å²) in [6.45, 7) is 3.07. The lowest BCUT2D eigenvalue weighted by atomic mass is 9.95. The molecule has 2 aromatic carbocycles. The van der Waals surface area contributed by atoms with Crippen LogP contribution in [-0.2, 0) is 4.79 Å². The maximum atomic E-state index is 12.9. The zero-order chi connectivity index (χ0) is 21.8. The number of hydrogen-bond donors (Lipinski definition) is 1. The first-order valence-electron chi connectivity index (χ1n) is 10.4. The van der Waals surface area contributed by atoms with Crippen molar-refractivity contribution in [1.29, 1.82) is 0 Å². The van der Waals surface area contributed by atoms with Gasteiger partial charge >= 0.3 is 0 Å². The number of nitrogens with zero attached hydrogens (tertiary/aromatic N) is 3. The number of carbonyl (C=O) groups excluding carboxylic acids is 2. The van der Waals surface area contributed by atoms with Crippen molar-refractivity contribution in [1.82, 2.24) is 19.8 Å². The quantitative estimate of drug-likeness (QED) is 0.650. The van der Waals surface area contributed by atoms with Gasteiger partial charge in [-0.3, -0.25) is 9.59 Å². The van der Waals surface area contributed by atoms with Crippen molar-refractivity contribution in [2.45, 2.75) is 25.8 Å². The SMILES string of the molecule is C[C@H](NC(=O)[C@H]1CCCN(C(=O)c2ccc(Cl)cc2)C1)c1ccc(-n2ccnc2)cc1. The van der Waals surface area contributed by atoms with Gasteiger partial charge in [0.2, 0.25) is 5.91 Å². The van der Waals surface area contributed by atoms with E-state index in [4.69, 9.17) is 11.6 Å². The molecule has 1 N–H and O–H groups in total. The van der Waals surface area contributed by atoms with Crippen molar-refractivity contribution in [3.8, 4) is 5.69 Å². The van der Waals surface area contributed by atoms with Gasteiger partial charge in [0.15, 0.2) is 0 Å².